The molecular formula is C13H16N4O4. The second kappa shape index (κ2) is 5.51. The number of carbonyl (C=O) groups excluding carboxylic acids is 3. The third kappa shape index (κ3) is 3.18. The van der Waals surface area contributed by atoms with E-state index >= 15 is 0 Å². The summed E-state index contributed by atoms with van der Waals surface area (Å²) < 4.78 is 5.11. The van der Waals surface area contributed by atoms with Crippen LogP contribution in [-0.4, -0.2) is 36.5 Å². The Labute approximate surface area is 120 Å². The van der Waals surface area contributed by atoms with E-state index < -0.39 is 23.3 Å². The van der Waals surface area contributed by atoms with Crippen LogP contribution in [0.25, 0.3) is 0 Å². The quantitative estimate of drug-likeness (QED) is 0.557. The van der Waals surface area contributed by atoms with Crippen LogP contribution in [0.2, 0.25) is 0 Å². The number of anilines is 1. The van der Waals surface area contributed by atoms with Crippen molar-refractivity contribution < 1.29 is 19.1 Å². The number of ether oxygens (including phenoxy) is 1. The average molecular weight is 292 g/mol. The Morgan fingerprint density at radius 3 is 2.10 bits per heavy atom. The van der Waals surface area contributed by atoms with E-state index in [1.807, 2.05) is 0 Å². The first kappa shape index (κ1) is 14.9. The predicted octanol–water partition coefficient (Wildman–Crippen LogP) is -1.06. The molecule has 1 atom stereocenters. The molecule has 3 amide bonds. The number of hydrogen-bond acceptors (Lipinski definition) is 5. The second-order valence-corrected chi connectivity index (χ2v) is 4.94. The largest absolute Gasteiger partial charge is 0.379 e. The van der Waals surface area contributed by atoms with E-state index in [0.29, 0.717) is 13.0 Å². The Bertz CT molecular complexity index is 576. The van der Waals surface area contributed by atoms with E-state index in [1.165, 1.54) is 18.2 Å². The zero-order valence-corrected chi connectivity index (χ0v) is 11.2. The van der Waals surface area contributed by atoms with Crippen LogP contribution in [0.5, 0.6) is 0 Å². The fraction of sp³-hybridized carbons (Fsp3) is 0.308. The van der Waals surface area contributed by atoms with Gasteiger partial charge >= 0.3 is 0 Å². The van der Waals surface area contributed by atoms with Gasteiger partial charge < -0.3 is 27.3 Å². The van der Waals surface area contributed by atoms with Gasteiger partial charge in [0, 0.05) is 23.4 Å². The molecule has 1 aliphatic rings. The number of nitrogens with two attached hydrogens (primary N) is 3. The fourth-order valence-corrected chi connectivity index (χ4v) is 2.00. The van der Waals surface area contributed by atoms with Crippen LogP contribution in [0, 0.1) is 0 Å². The summed E-state index contributed by atoms with van der Waals surface area (Å²) in [5.41, 5.74) is 15.5. The molecule has 1 aromatic rings. The first-order chi connectivity index (χ1) is 9.82. The van der Waals surface area contributed by atoms with Crippen LogP contribution in [0.3, 0.4) is 0 Å². The summed E-state index contributed by atoms with van der Waals surface area (Å²) in [6.45, 7) is 0.509. The molecule has 7 N–H and O–H groups in total. The molecule has 21 heavy (non-hydrogen) atoms. The highest BCUT2D eigenvalue weighted by molar-refractivity contribution is 6.03. The van der Waals surface area contributed by atoms with Gasteiger partial charge in [-0.1, -0.05) is 0 Å². The van der Waals surface area contributed by atoms with Gasteiger partial charge in [0.15, 0.2) is 0 Å². The second-order valence-electron chi connectivity index (χ2n) is 4.94. The van der Waals surface area contributed by atoms with Crippen LogP contribution >= 0.6 is 0 Å². The topological polar surface area (TPSA) is 151 Å². The molecule has 8 heteroatoms. The Morgan fingerprint density at radius 2 is 1.67 bits per heavy atom. The van der Waals surface area contributed by atoms with Gasteiger partial charge in [0.1, 0.15) is 5.54 Å². The van der Waals surface area contributed by atoms with Gasteiger partial charge in [-0.3, -0.25) is 14.4 Å². The highest BCUT2D eigenvalue weighted by atomic mass is 16.5. The summed E-state index contributed by atoms with van der Waals surface area (Å²) in [6, 6.07) is 3.97. The number of rotatable bonds is 4. The highest BCUT2D eigenvalue weighted by Gasteiger charge is 2.38. The van der Waals surface area contributed by atoms with Crippen molar-refractivity contribution in [2.75, 3.05) is 18.5 Å². The lowest BCUT2D eigenvalue weighted by atomic mass is 9.99. The van der Waals surface area contributed by atoms with Crippen molar-refractivity contribution in [3.05, 3.63) is 29.3 Å². The Balaban J connectivity index is 2.28. The Hall–Kier alpha value is -2.45. The minimum atomic E-state index is -1.13. The Kier molecular flexibility index (Phi) is 3.92. The number of nitrogens with one attached hydrogen (secondary N) is 1. The smallest absolute Gasteiger partial charge is 0.248 e. The third-order valence-electron chi connectivity index (χ3n) is 3.26. The molecule has 112 valence electrons. The highest BCUT2D eigenvalue weighted by Crippen LogP contribution is 2.20. The van der Waals surface area contributed by atoms with Crippen molar-refractivity contribution in [3.8, 4) is 0 Å². The summed E-state index contributed by atoms with van der Waals surface area (Å²) in [6.07, 6.45) is 0.386. The average Bonchev–Trinajstić information content (AvgIpc) is 2.86. The number of benzene rings is 1. The summed E-state index contributed by atoms with van der Waals surface area (Å²) >= 11 is 0. The van der Waals surface area contributed by atoms with Gasteiger partial charge in [-0.15, -0.1) is 0 Å². The minimum absolute atomic E-state index is 0.0651. The van der Waals surface area contributed by atoms with Crippen molar-refractivity contribution in [3.63, 3.8) is 0 Å². The van der Waals surface area contributed by atoms with Crippen LogP contribution < -0.4 is 22.5 Å². The molecule has 1 heterocycles. The van der Waals surface area contributed by atoms with Crippen molar-refractivity contribution >= 4 is 23.4 Å². The van der Waals surface area contributed by atoms with Gasteiger partial charge in [-0.25, -0.2) is 0 Å². The van der Waals surface area contributed by atoms with E-state index in [-0.39, 0.29) is 23.4 Å². The first-order valence-corrected chi connectivity index (χ1v) is 6.24. The fourth-order valence-electron chi connectivity index (χ4n) is 2.00. The van der Waals surface area contributed by atoms with Crippen molar-refractivity contribution in [2.24, 2.45) is 17.2 Å². The number of primary amides is 2. The molecule has 1 saturated heterocycles. The van der Waals surface area contributed by atoms with Crippen LogP contribution in [0.4, 0.5) is 5.69 Å². The zero-order chi connectivity index (χ0) is 15.6. The lowest BCUT2D eigenvalue weighted by Gasteiger charge is -2.21. The molecular weight excluding hydrogens is 276 g/mol. The van der Waals surface area contributed by atoms with Crippen molar-refractivity contribution in [1.29, 1.82) is 0 Å². The molecule has 0 aromatic heterocycles. The van der Waals surface area contributed by atoms with E-state index in [9.17, 15) is 14.4 Å². The maximum atomic E-state index is 12.2. The molecule has 8 nitrogen and oxygen atoms in total. The molecule has 2 rings (SSSR count). The molecule has 1 aromatic carbocycles. The minimum Gasteiger partial charge on any atom is -0.379 e. The zero-order valence-electron chi connectivity index (χ0n) is 11.2. The van der Waals surface area contributed by atoms with Gasteiger partial charge in [0.2, 0.25) is 17.7 Å². The van der Waals surface area contributed by atoms with Crippen molar-refractivity contribution in [2.45, 2.75) is 12.0 Å². The van der Waals surface area contributed by atoms with Gasteiger partial charge in [-0.2, -0.15) is 0 Å². The molecule has 0 radical (unpaired) electrons. The first-order valence-electron chi connectivity index (χ1n) is 6.24. The number of hydrogen-bond donors (Lipinski definition) is 4. The molecule has 1 unspecified atom stereocenters. The normalized spacial score (nSPS) is 21.0. The molecule has 0 spiro atoms. The van der Waals surface area contributed by atoms with Crippen molar-refractivity contribution in [1.82, 2.24) is 0 Å². The van der Waals surface area contributed by atoms with E-state index in [2.05, 4.69) is 5.32 Å². The molecule has 1 aliphatic heterocycles. The van der Waals surface area contributed by atoms with Gasteiger partial charge in [0.05, 0.1) is 6.61 Å². The standard InChI is InChI=1S/C13H16N4O4/c14-10(18)7-3-8(11(15)19)5-9(4-7)17-12(20)13(16)1-2-21-6-13/h3-5H,1-2,6,16H2,(H2,14,18)(H2,15,19)(H,17,20). The molecule has 1 fully saturated rings. The number of amides is 3. The third-order valence-corrected chi connectivity index (χ3v) is 3.26. The molecule has 0 saturated carbocycles. The van der Waals surface area contributed by atoms with Crippen LogP contribution in [0.1, 0.15) is 27.1 Å². The van der Waals surface area contributed by atoms with E-state index in [1.54, 1.807) is 0 Å². The summed E-state index contributed by atoms with van der Waals surface area (Å²) in [5, 5.41) is 2.56. The predicted molar refractivity (Wildman–Crippen MR) is 74.5 cm³/mol. The maximum Gasteiger partial charge on any atom is 0.248 e. The summed E-state index contributed by atoms with van der Waals surface area (Å²) in [5.74, 6) is -1.93. The van der Waals surface area contributed by atoms with Gasteiger partial charge in [0.25, 0.3) is 0 Å². The summed E-state index contributed by atoms with van der Waals surface area (Å²) in [4.78, 5) is 34.6. The van der Waals surface area contributed by atoms with E-state index in [0.717, 1.165) is 0 Å². The van der Waals surface area contributed by atoms with E-state index in [4.69, 9.17) is 21.9 Å². The molecule has 0 bridgehead atoms. The summed E-state index contributed by atoms with van der Waals surface area (Å²) in [7, 11) is 0. The Morgan fingerprint density at radius 1 is 1.10 bits per heavy atom. The molecule has 0 aliphatic carbocycles. The number of carbonyl (C=O) groups is 3. The van der Waals surface area contributed by atoms with Gasteiger partial charge in [-0.05, 0) is 24.6 Å². The van der Waals surface area contributed by atoms with Crippen LogP contribution in [0.15, 0.2) is 18.2 Å². The van der Waals surface area contributed by atoms with Crippen LogP contribution in [-0.2, 0) is 9.53 Å². The SMILES string of the molecule is NC(=O)c1cc(NC(=O)C2(N)CCOC2)cc(C(N)=O)c1. The lowest BCUT2D eigenvalue weighted by molar-refractivity contribution is -0.121. The monoisotopic (exact) mass is 292 g/mol. The maximum absolute atomic E-state index is 12.2. The lowest BCUT2D eigenvalue weighted by Crippen LogP contribution is -2.51.